The molecular formula is C9H8ClF3N2O4S. The fourth-order valence-electron chi connectivity index (χ4n) is 2.01. The van der Waals surface area contributed by atoms with Gasteiger partial charge in [0.05, 0.1) is 17.5 Å². The number of aromatic carboxylic acids is 1. The summed E-state index contributed by atoms with van der Waals surface area (Å²) >= 11 is 5.63. The smallest absolute Gasteiger partial charge is 0.436 e. The molecule has 20 heavy (non-hydrogen) atoms. The quantitative estimate of drug-likeness (QED) is 0.888. The van der Waals surface area contributed by atoms with Gasteiger partial charge in [-0.25, -0.2) is 17.9 Å². The summed E-state index contributed by atoms with van der Waals surface area (Å²) in [6.07, 6.45) is -4.94. The largest absolute Gasteiger partial charge is 0.478 e. The Morgan fingerprint density at radius 2 is 2.05 bits per heavy atom. The van der Waals surface area contributed by atoms with E-state index in [9.17, 15) is 26.4 Å². The van der Waals surface area contributed by atoms with Gasteiger partial charge in [0.15, 0.2) is 15.5 Å². The minimum Gasteiger partial charge on any atom is -0.478 e. The van der Waals surface area contributed by atoms with Crippen LogP contribution in [0, 0.1) is 0 Å². The minimum absolute atomic E-state index is 0.0418. The van der Waals surface area contributed by atoms with Crippen LogP contribution in [0.3, 0.4) is 0 Å². The Bertz CT molecular complexity index is 667. The highest BCUT2D eigenvalue weighted by atomic mass is 35.5. The van der Waals surface area contributed by atoms with Crippen molar-refractivity contribution >= 4 is 27.4 Å². The number of alkyl halides is 3. The maximum absolute atomic E-state index is 12.7. The van der Waals surface area contributed by atoms with Crippen LogP contribution in [0.1, 0.15) is 28.5 Å². The predicted molar refractivity (Wildman–Crippen MR) is 61.5 cm³/mol. The Hall–Kier alpha value is -1.29. The molecule has 1 N–H and O–H groups in total. The number of rotatable bonds is 2. The Balaban J connectivity index is 2.54. The monoisotopic (exact) mass is 332 g/mol. The van der Waals surface area contributed by atoms with E-state index in [0.717, 1.165) is 0 Å². The van der Waals surface area contributed by atoms with Gasteiger partial charge in [-0.15, -0.1) is 0 Å². The van der Waals surface area contributed by atoms with Gasteiger partial charge in [0, 0.05) is 0 Å². The first kappa shape index (κ1) is 15.1. The Labute approximate surface area is 116 Å². The number of aromatic nitrogens is 2. The number of carboxylic acids is 1. The molecule has 6 nitrogen and oxygen atoms in total. The maximum atomic E-state index is 12.7. The molecule has 0 radical (unpaired) electrons. The van der Waals surface area contributed by atoms with Gasteiger partial charge in [-0.1, -0.05) is 11.6 Å². The maximum Gasteiger partial charge on any atom is 0.436 e. The first-order chi connectivity index (χ1) is 9.03. The fraction of sp³-hybridized carbons (Fsp3) is 0.556. The molecule has 2 heterocycles. The van der Waals surface area contributed by atoms with Crippen LogP contribution >= 0.6 is 11.6 Å². The van der Waals surface area contributed by atoms with Gasteiger partial charge in [-0.3, -0.25) is 0 Å². The van der Waals surface area contributed by atoms with Gasteiger partial charge in [0.25, 0.3) is 0 Å². The number of halogens is 4. The zero-order valence-corrected chi connectivity index (χ0v) is 11.3. The number of hydrogen-bond acceptors (Lipinski definition) is 4. The molecule has 1 fully saturated rings. The summed E-state index contributed by atoms with van der Waals surface area (Å²) in [5.74, 6) is -2.48. The molecule has 11 heteroatoms. The van der Waals surface area contributed by atoms with E-state index in [2.05, 4.69) is 5.10 Å². The molecule has 0 bridgehead atoms. The molecule has 1 aliphatic heterocycles. The van der Waals surface area contributed by atoms with Gasteiger partial charge in [-0.05, 0) is 6.42 Å². The van der Waals surface area contributed by atoms with Gasteiger partial charge in [0.1, 0.15) is 10.7 Å². The molecule has 0 amide bonds. The van der Waals surface area contributed by atoms with Crippen LogP contribution in [-0.2, 0) is 16.0 Å². The molecule has 0 aromatic carbocycles. The standard InChI is InChI=1S/C9H8ClF3N2O4S/c10-7-5(8(16)17)6(9(11,12)13)14-15(7)4-1-2-20(18,19)3-4/h4H,1-3H2,(H,16,17). The summed E-state index contributed by atoms with van der Waals surface area (Å²) in [5.41, 5.74) is -2.79. The number of carboxylic acid groups (broad SMARTS) is 1. The van der Waals surface area contributed by atoms with Crippen molar-refractivity contribution < 1.29 is 31.5 Å². The van der Waals surface area contributed by atoms with Crippen molar-refractivity contribution in [3.63, 3.8) is 0 Å². The second kappa shape index (κ2) is 4.62. The third-order valence-electron chi connectivity index (χ3n) is 2.89. The number of nitrogens with zero attached hydrogens (tertiary/aromatic N) is 2. The molecular weight excluding hydrogens is 325 g/mol. The first-order valence-corrected chi connectivity index (χ1v) is 7.52. The van der Waals surface area contributed by atoms with E-state index < -0.39 is 50.2 Å². The molecule has 1 aromatic heterocycles. The van der Waals surface area contributed by atoms with Crippen LogP contribution in [0.25, 0.3) is 0 Å². The predicted octanol–water partition coefficient (Wildman–Crippen LogP) is 1.61. The van der Waals surface area contributed by atoms with Crippen LogP contribution < -0.4 is 0 Å². The van der Waals surface area contributed by atoms with E-state index in [4.69, 9.17) is 16.7 Å². The third kappa shape index (κ3) is 2.62. The van der Waals surface area contributed by atoms with Crippen molar-refractivity contribution in [1.29, 1.82) is 0 Å². The highest BCUT2D eigenvalue weighted by Gasteiger charge is 2.43. The normalized spacial score (nSPS) is 22.1. The molecule has 0 aliphatic carbocycles. The number of sulfone groups is 1. The number of hydrogen-bond donors (Lipinski definition) is 1. The van der Waals surface area contributed by atoms with Crippen LogP contribution in [0.15, 0.2) is 0 Å². The van der Waals surface area contributed by atoms with E-state index >= 15 is 0 Å². The highest BCUT2D eigenvalue weighted by Crippen LogP contribution is 2.37. The third-order valence-corrected chi connectivity index (χ3v) is 5.00. The average Bonchev–Trinajstić information content (AvgIpc) is 2.77. The molecule has 1 unspecified atom stereocenters. The van der Waals surface area contributed by atoms with Crippen LogP contribution in [0.5, 0.6) is 0 Å². The second-order valence-electron chi connectivity index (χ2n) is 4.32. The van der Waals surface area contributed by atoms with Gasteiger partial charge in [-0.2, -0.15) is 18.3 Å². The van der Waals surface area contributed by atoms with E-state index in [1.807, 2.05) is 0 Å². The summed E-state index contributed by atoms with van der Waals surface area (Å²) in [6, 6.07) is -0.887. The van der Waals surface area contributed by atoms with Gasteiger partial charge < -0.3 is 5.11 Å². The summed E-state index contributed by atoms with van der Waals surface area (Å²) in [7, 11) is -3.37. The Morgan fingerprint density at radius 3 is 2.40 bits per heavy atom. The minimum atomic E-state index is -4.99. The van der Waals surface area contributed by atoms with Crippen molar-refractivity contribution in [2.75, 3.05) is 11.5 Å². The van der Waals surface area contributed by atoms with Crippen molar-refractivity contribution in [3.8, 4) is 0 Å². The molecule has 2 rings (SSSR count). The molecule has 1 atom stereocenters. The lowest BCUT2D eigenvalue weighted by Gasteiger charge is -2.09. The van der Waals surface area contributed by atoms with E-state index in [1.54, 1.807) is 0 Å². The molecule has 1 aromatic rings. The topological polar surface area (TPSA) is 89.3 Å². The van der Waals surface area contributed by atoms with Crippen LogP contribution in [-0.4, -0.2) is 40.8 Å². The molecule has 0 spiro atoms. The van der Waals surface area contributed by atoms with E-state index in [0.29, 0.717) is 4.68 Å². The highest BCUT2D eigenvalue weighted by molar-refractivity contribution is 7.91. The Kier molecular flexibility index (Phi) is 3.49. The van der Waals surface area contributed by atoms with Crippen molar-refractivity contribution in [2.45, 2.75) is 18.6 Å². The lowest BCUT2D eigenvalue weighted by molar-refractivity contribution is -0.142. The van der Waals surface area contributed by atoms with Gasteiger partial charge in [0.2, 0.25) is 0 Å². The average molecular weight is 333 g/mol. The molecule has 1 saturated heterocycles. The molecule has 0 saturated carbocycles. The summed E-state index contributed by atoms with van der Waals surface area (Å²) in [5, 5.41) is 11.3. The molecule has 1 aliphatic rings. The van der Waals surface area contributed by atoms with E-state index in [-0.39, 0.29) is 12.2 Å². The lowest BCUT2D eigenvalue weighted by Crippen LogP contribution is -2.14. The van der Waals surface area contributed by atoms with Crippen LogP contribution in [0.4, 0.5) is 13.2 Å². The lowest BCUT2D eigenvalue weighted by atomic mass is 10.2. The summed E-state index contributed by atoms with van der Waals surface area (Å²) in [4.78, 5) is 10.9. The number of carbonyl (C=O) groups is 1. The van der Waals surface area contributed by atoms with Crippen molar-refractivity contribution in [3.05, 3.63) is 16.4 Å². The van der Waals surface area contributed by atoms with Crippen molar-refractivity contribution in [1.82, 2.24) is 9.78 Å². The fourth-order valence-corrected chi connectivity index (χ4v) is 4.05. The Morgan fingerprint density at radius 1 is 1.45 bits per heavy atom. The first-order valence-electron chi connectivity index (χ1n) is 5.32. The summed E-state index contributed by atoms with van der Waals surface area (Å²) < 4.78 is 61.5. The van der Waals surface area contributed by atoms with Gasteiger partial charge >= 0.3 is 12.1 Å². The second-order valence-corrected chi connectivity index (χ2v) is 6.91. The molecule has 112 valence electrons. The zero-order valence-electron chi connectivity index (χ0n) is 9.69. The zero-order chi connectivity index (χ0) is 15.3. The van der Waals surface area contributed by atoms with E-state index in [1.165, 1.54) is 0 Å². The SMILES string of the molecule is O=C(O)c1c(C(F)(F)F)nn(C2CCS(=O)(=O)C2)c1Cl. The summed E-state index contributed by atoms with van der Waals surface area (Å²) in [6.45, 7) is 0. The van der Waals surface area contributed by atoms with Crippen LogP contribution in [0.2, 0.25) is 5.15 Å². The van der Waals surface area contributed by atoms with Crippen molar-refractivity contribution in [2.24, 2.45) is 0 Å².